The summed E-state index contributed by atoms with van der Waals surface area (Å²) in [4.78, 5) is 21.1. The van der Waals surface area contributed by atoms with E-state index in [4.69, 9.17) is 15.6 Å². The van der Waals surface area contributed by atoms with Crippen molar-refractivity contribution >= 4 is 12.1 Å². The fourth-order valence-electron chi connectivity index (χ4n) is 1.31. The molecule has 6 nitrogen and oxygen atoms in total. The number of aliphatic hydroxyl groups is 1. The van der Waals surface area contributed by atoms with Crippen LogP contribution >= 0.6 is 0 Å². The molecule has 0 aromatic heterocycles. The minimum atomic E-state index is -0.585. The number of aromatic hydroxyl groups is 1. The molecular weight excluding hydrogens is 250 g/mol. The van der Waals surface area contributed by atoms with Crippen molar-refractivity contribution in [2.75, 3.05) is 13.7 Å². The average Bonchev–Trinajstić information content (AvgIpc) is 2.39. The van der Waals surface area contributed by atoms with Crippen molar-refractivity contribution in [1.29, 1.82) is 0 Å². The number of ketones is 1. The van der Waals surface area contributed by atoms with Gasteiger partial charge in [0.1, 0.15) is 12.9 Å². The number of benzene rings is 1. The molecule has 6 heteroatoms. The van der Waals surface area contributed by atoms with Gasteiger partial charge in [-0.05, 0) is 31.0 Å². The number of nitrogens with two attached hydrogens (primary N) is 1. The second kappa shape index (κ2) is 9.07. The Labute approximate surface area is 111 Å². The van der Waals surface area contributed by atoms with E-state index in [1.165, 1.54) is 13.0 Å². The van der Waals surface area contributed by atoms with Crippen molar-refractivity contribution in [3.8, 4) is 11.5 Å². The average molecular weight is 269 g/mol. The number of Topliss-reactive ketones (excluding diaryl/α,β-unsaturated/α-hetero) is 1. The Hall–Kier alpha value is -1.92. The Morgan fingerprint density at radius 1 is 1.47 bits per heavy atom. The van der Waals surface area contributed by atoms with Gasteiger partial charge in [-0.15, -0.1) is 0 Å². The third-order valence-electron chi connectivity index (χ3n) is 2.10. The Bertz CT molecular complexity index is 419. The van der Waals surface area contributed by atoms with E-state index >= 15 is 0 Å². The van der Waals surface area contributed by atoms with Crippen LogP contribution in [-0.4, -0.2) is 42.0 Å². The van der Waals surface area contributed by atoms with E-state index in [0.29, 0.717) is 12.7 Å². The third kappa shape index (κ3) is 6.54. The van der Waals surface area contributed by atoms with Crippen LogP contribution < -0.4 is 10.5 Å². The highest BCUT2D eigenvalue weighted by Crippen LogP contribution is 2.27. The fraction of sp³-hybridized carbons (Fsp3) is 0.385. The van der Waals surface area contributed by atoms with E-state index in [1.807, 2.05) is 0 Å². The lowest BCUT2D eigenvalue weighted by molar-refractivity contribution is -0.119. The third-order valence-corrected chi connectivity index (χ3v) is 2.10. The van der Waals surface area contributed by atoms with Crippen LogP contribution in [0.4, 0.5) is 0 Å². The molecule has 0 fully saturated rings. The molecule has 0 spiro atoms. The van der Waals surface area contributed by atoms with Gasteiger partial charge >= 0.3 is 0 Å². The lowest BCUT2D eigenvalue weighted by atomic mass is 10.1. The van der Waals surface area contributed by atoms with Crippen LogP contribution in [0.25, 0.3) is 0 Å². The predicted octanol–water partition coefficient (Wildman–Crippen LogP) is 0.0372. The molecular formula is C13H19NO5. The van der Waals surface area contributed by atoms with Gasteiger partial charge in [-0.1, -0.05) is 6.07 Å². The summed E-state index contributed by atoms with van der Waals surface area (Å²) in [5, 5.41) is 16.6. The first kappa shape index (κ1) is 17.1. The molecule has 106 valence electrons. The molecule has 0 saturated heterocycles. The summed E-state index contributed by atoms with van der Waals surface area (Å²) in [6.45, 7) is 1.31. The zero-order valence-corrected chi connectivity index (χ0v) is 11.0. The van der Waals surface area contributed by atoms with Crippen LogP contribution in [0.3, 0.4) is 0 Å². The molecule has 19 heavy (non-hydrogen) atoms. The fourth-order valence-corrected chi connectivity index (χ4v) is 1.31. The number of rotatable bonds is 6. The van der Waals surface area contributed by atoms with E-state index in [0.717, 1.165) is 12.7 Å². The van der Waals surface area contributed by atoms with Gasteiger partial charge in [-0.3, -0.25) is 4.79 Å². The molecule has 0 heterocycles. The first-order chi connectivity index (χ1) is 9.02. The summed E-state index contributed by atoms with van der Waals surface area (Å²) in [7, 11) is 1.00. The maximum Gasteiger partial charge on any atom is 0.167 e. The number of carbonyl (C=O) groups is 2. The normalized spacial score (nSPS) is 10.9. The summed E-state index contributed by atoms with van der Waals surface area (Å²) >= 11 is 0. The molecule has 0 amide bonds. The summed E-state index contributed by atoms with van der Waals surface area (Å²) in [5.74, 6) is 0.0435. The number of aldehydes is 1. The maximum atomic E-state index is 10.7. The largest absolute Gasteiger partial charge is 0.504 e. The second-order valence-corrected chi connectivity index (χ2v) is 3.80. The molecule has 1 rings (SSSR count). The van der Waals surface area contributed by atoms with Crippen molar-refractivity contribution in [1.82, 2.24) is 0 Å². The smallest absolute Gasteiger partial charge is 0.167 e. The molecule has 0 aliphatic heterocycles. The quantitative estimate of drug-likeness (QED) is 0.629. The Balaban J connectivity index is 0.00000154. The van der Waals surface area contributed by atoms with Gasteiger partial charge in [0, 0.05) is 7.11 Å². The van der Waals surface area contributed by atoms with Crippen LogP contribution in [0.1, 0.15) is 12.5 Å². The summed E-state index contributed by atoms with van der Waals surface area (Å²) in [5.41, 5.74) is 6.20. The molecule has 0 aliphatic carbocycles. The van der Waals surface area contributed by atoms with Crippen molar-refractivity contribution in [3.63, 3.8) is 0 Å². The van der Waals surface area contributed by atoms with E-state index in [2.05, 4.69) is 0 Å². The molecule has 0 saturated carbocycles. The highest BCUT2D eigenvalue weighted by molar-refractivity contribution is 5.77. The first-order valence-corrected chi connectivity index (χ1v) is 5.62. The van der Waals surface area contributed by atoms with E-state index in [-0.39, 0.29) is 23.9 Å². The molecule has 1 unspecified atom stereocenters. The topological polar surface area (TPSA) is 110 Å². The number of ether oxygens (including phenoxy) is 1. The molecule has 1 atom stereocenters. The zero-order chi connectivity index (χ0) is 14.8. The monoisotopic (exact) mass is 269 g/mol. The zero-order valence-electron chi connectivity index (χ0n) is 11.0. The molecule has 1 aromatic carbocycles. The van der Waals surface area contributed by atoms with Gasteiger partial charge in [0.2, 0.25) is 0 Å². The van der Waals surface area contributed by atoms with E-state index in [9.17, 15) is 14.7 Å². The Kier molecular flexibility index (Phi) is 8.15. The van der Waals surface area contributed by atoms with Crippen LogP contribution in [-0.2, 0) is 16.0 Å². The second-order valence-electron chi connectivity index (χ2n) is 3.80. The van der Waals surface area contributed by atoms with Gasteiger partial charge in [0.15, 0.2) is 17.3 Å². The highest BCUT2D eigenvalue weighted by atomic mass is 16.5. The van der Waals surface area contributed by atoms with E-state index in [1.54, 1.807) is 12.1 Å². The molecule has 0 bridgehead atoms. The van der Waals surface area contributed by atoms with Crippen LogP contribution in [0, 0.1) is 0 Å². The van der Waals surface area contributed by atoms with Crippen molar-refractivity contribution in [2.24, 2.45) is 5.73 Å². The molecule has 0 radical (unpaired) electrons. The molecule has 0 aliphatic rings. The van der Waals surface area contributed by atoms with Crippen molar-refractivity contribution in [3.05, 3.63) is 23.8 Å². The lowest BCUT2D eigenvalue weighted by Gasteiger charge is -2.09. The highest BCUT2D eigenvalue weighted by Gasteiger charge is 2.07. The molecule has 4 N–H and O–H groups in total. The van der Waals surface area contributed by atoms with Gasteiger partial charge < -0.3 is 25.5 Å². The number of hydrogen-bond acceptors (Lipinski definition) is 6. The minimum absolute atomic E-state index is 0.0677. The standard InChI is InChI=1S/C12H15NO4.CH4O/c1-8(15)7-17-12-3-2-9(5-11(12)16)4-10(13)6-14;1-2/h2-3,5-6,10,16H,4,7,13H2,1H3;2H,1H3. The van der Waals surface area contributed by atoms with Gasteiger partial charge in [0.05, 0.1) is 6.04 Å². The predicted molar refractivity (Wildman–Crippen MR) is 70.2 cm³/mol. The van der Waals surface area contributed by atoms with E-state index < -0.39 is 6.04 Å². The number of aliphatic hydroxyl groups excluding tert-OH is 1. The van der Waals surface area contributed by atoms with Crippen molar-refractivity contribution in [2.45, 2.75) is 19.4 Å². The Morgan fingerprint density at radius 2 is 2.11 bits per heavy atom. The number of phenols is 1. The lowest BCUT2D eigenvalue weighted by Crippen LogP contribution is -2.23. The summed E-state index contributed by atoms with van der Waals surface area (Å²) < 4.78 is 5.08. The maximum absolute atomic E-state index is 10.7. The number of phenolic OH excluding ortho intramolecular Hbond substituents is 1. The Morgan fingerprint density at radius 3 is 2.58 bits per heavy atom. The minimum Gasteiger partial charge on any atom is -0.504 e. The van der Waals surface area contributed by atoms with Crippen LogP contribution in [0.5, 0.6) is 11.5 Å². The van der Waals surface area contributed by atoms with Crippen LogP contribution in [0.15, 0.2) is 18.2 Å². The first-order valence-electron chi connectivity index (χ1n) is 5.62. The van der Waals surface area contributed by atoms with Gasteiger partial charge in [0.25, 0.3) is 0 Å². The molecule has 1 aromatic rings. The van der Waals surface area contributed by atoms with Crippen LogP contribution in [0.2, 0.25) is 0 Å². The number of carbonyl (C=O) groups excluding carboxylic acids is 2. The van der Waals surface area contributed by atoms with Crippen molar-refractivity contribution < 1.29 is 24.5 Å². The van der Waals surface area contributed by atoms with Gasteiger partial charge in [-0.25, -0.2) is 0 Å². The summed E-state index contributed by atoms with van der Waals surface area (Å²) in [6.07, 6.45) is 1.00. The summed E-state index contributed by atoms with van der Waals surface area (Å²) in [6, 6.07) is 4.13. The SMILES string of the molecule is CC(=O)COc1ccc(CC(N)C=O)cc1O.CO. The number of hydrogen-bond donors (Lipinski definition) is 3. The van der Waals surface area contributed by atoms with Gasteiger partial charge in [-0.2, -0.15) is 0 Å².